The predicted octanol–water partition coefficient (Wildman–Crippen LogP) is 5.02. The molecule has 9 heteroatoms. The predicted molar refractivity (Wildman–Crippen MR) is 133 cm³/mol. The molecule has 4 rings (SSSR count). The number of nitro groups is 1. The average Bonchev–Trinajstić information content (AvgIpc) is 3.15. The lowest BCUT2D eigenvalue weighted by atomic mass is 9.95. The van der Waals surface area contributed by atoms with E-state index < -0.39 is 28.4 Å². The van der Waals surface area contributed by atoms with E-state index in [2.05, 4.69) is 0 Å². The number of aliphatic hydroxyl groups is 1. The molecule has 1 saturated heterocycles. The lowest BCUT2D eigenvalue weighted by molar-refractivity contribution is -0.384. The summed E-state index contributed by atoms with van der Waals surface area (Å²) in [6.45, 7) is 4.60. The van der Waals surface area contributed by atoms with Crippen LogP contribution in [-0.2, 0) is 9.59 Å². The molecule has 0 bridgehead atoms. The van der Waals surface area contributed by atoms with E-state index in [1.54, 1.807) is 48.5 Å². The van der Waals surface area contributed by atoms with Crippen molar-refractivity contribution in [3.05, 3.63) is 99.6 Å². The molecule has 1 aliphatic rings. The zero-order valence-corrected chi connectivity index (χ0v) is 19.7. The zero-order valence-electron chi connectivity index (χ0n) is 19.7. The van der Waals surface area contributed by atoms with Crippen LogP contribution in [0, 0.1) is 10.1 Å². The van der Waals surface area contributed by atoms with Gasteiger partial charge in [-0.1, -0.05) is 12.1 Å². The quantitative estimate of drug-likeness (QED) is 0.155. The monoisotopic (exact) mass is 488 g/mol. The largest absolute Gasteiger partial charge is 0.507 e. The van der Waals surface area contributed by atoms with Crippen LogP contribution >= 0.6 is 0 Å². The fourth-order valence-corrected chi connectivity index (χ4v) is 4.12. The van der Waals surface area contributed by atoms with Gasteiger partial charge in [0.2, 0.25) is 0 Å². The number of benzene rings is 3. The zero-order chi connectivity index (χ0) is 25.8. The maximum Gasteiger partial charge on any atom is 0.300 e. The Morgan fingerprint density at radius 1 is 0.944 bits per heavy atom. The van der Waals surface area contributed by atoms with Gasteiger partial charge in [-0.25, -0.2) is 0 Å². The third-order valence-electron chi connectivity index (χ3n) is 5.71. The number of hydrogen-bond donors (Lipinski definition) is 1. The van der Waals surface area contributed by atoms with Crippen molar-refractivity contribution in [1.82, 2.24) is 0 Å². The van der Waals surface area contributed by atoms with Crippen molar-refractivity contribution in [1.29, 1.82) is 0 Å². The summed E-state index contributed by atoms with van der Waals surface area (Å²) in [5.74, 6) is -0.953. The number of ether oxygens (including phenoxy) is 2. The average molecular weight is 488 g/mol. The third-order valence-corrected chi connectivity index (χ3v) is 5.71. The van der Waals surface area contributed by atoms with E-state index in [9.17, 15) is 24.8 Å². The van der Waals surface area contributed by atoms with Crippen molar-refractivity contribution < 1.29 is 29.1 Å². The molecule has 3 aromatic rings. The van der Waals surface area contributed by atoms with Crippen LogP contribution in [0.1, 0.15) is 31.0 Å². The van der Waals surface area contributed by atoms with Gasteiger partial charge in [-0.05, 0) is 67.9 Å². The number of ketones is 1. The summed E-state index contributed by atoms with van der Waals surface area (Å²) in [5.41, 5.74) is 0.877. The summed E-state index contributed by atoms with van der Waals surface area (Å²) < 4.78 is 11.1. The van der Waals surface area contributed by atoms with Crippen LogP contribution in [0.25, 0.3) is 5.76 Å². The molecule has 3 aromatic carbocycles. The highest BCUT2D eigenvalue weighted by Crippen LogP contribution is 2.43. The van der Waals surface area contributed by atoms with Gasteiger partial charge < -0.3 is 14.6 Å². The molecule has 36 heavy (non-hydrogen) atoms. The highest BCUT2D eigenvalue weighted by molar-refractivity contribution is 6.51. The van der Waals surface area contributed by atoms with Crippen molar-refractivity contribution in [3.8, 4) is 11.5 Å². The summed E-state index contributed by atoms with van der Waals surface area (Å²) >= 11 is 0. The smallest absolute Gasteiger partial charge is 0.300 e. The summed E-state index contributed by atoms with van der Waals surface area (Å²) in [6, 6.07) is 17.8. The molecular weight excluding hydrogens is 464 g/mol. The standard InChI is InChI=1S/C27H24N2O7/c1-3-35-21-14-12-19(13-15-21)28-24(18-6-5-7-22(16-18)36-4-2)23(26(31)27(28)32)25(30)17-8-10-20(11-9-17)29(33)34/h5-16,24,30H,3-4H2,1-2H3/b25-23+. The molecule has 1 aliphatic heterocycles. The van der Waals surface area contributed by atoms with Crippen LogP contribution in [-0.4, -0.2) is 34.9 Å². The van der Waals surface area contributed by atoms with E-state index in [0.717, 1.165) is 0 Å². The summed E-state index contributed by atoms with van der Waals surface area (Å²) in [7, 11) is 0. The summed E-state index contributed by atoms with van der Waals surface area (Å²) in [5, 5.41) is 22.2. The van der Waals surface area contributed by atoms with Gasteiger partial charge in [0.15, 0.2) is 0 Å². The number of hydrogen-bond acceptors (Lipinski definition) is 7. The van der Waals surface area contributed by atoms with Crippen LogP contribution in [0.3, 0.4) is 0 Å². The minimum atomic E-state index is -0.960. The normalized spacial score (nSPS) is 16.7. The first-order valence-corrected chi connectivity index (χ1v) is 11.4. The molecule has 1 heterocycles. The molecule has 0 radical (unpaired) electrons. The Labute approximate surface area is 207 Å². The lowest BCUT2D eigenvalue weighted by Gasteiger charge is -2.26. The number of non-ortho nitro benzene ring substituents is 1. The molecule has 0 aromatic heterocycles. The Morgan fingerprint density at radius 2 is 1.58 bits per heavy atom. The molecular formula is C27H24N2O7. The first kappa shape index (κ1) is 24.5. The number of nitro benzene ring substituents is 1. The van der Waals surface area contributed by atoms with Gasteiger partial charge in [-0.15, -0.1) is 0 Å². The number of amides is 1. The SMILES string of the molecule is CCOc1ccc(N2C(=O)C(=O)/C(=C(/O)c3ccc([N+](=O)[O-])cc3)C2c2cccc(OCC)c2)cc1. The Balaban J connectivity index is 1.88. The molecule has 1 amide bonds. The molecule has 1 atom stereocenters. The van der Waals surface area contributed by atoms with Gasteiger partial charge in [0, 0.05) is 23.4 Å². The molecule has 1 N–H and O–H groups in total. The Kier molecular flexibility index (Phi) is 7.00. The molecule has 0 aliphatic carbocycles. The van der Waals surface area contributed by atoms with Crippen LogP contribution in [0.15, 0.2) is 78.4 Å². The minimum absolute atomic E-state index is 0.128. The maximum absolute atomic E-state index is 13.3. The number of nitrogens with zero attached hydrogens (tertiary/aromatic N) is 2. The molecule has 0 saturated carbocycles. The topological polar surface area (TPSA) is 119 Å². The number of Topliss-reactive ketones (excluding diaryl/α,β-unsaturated/α-hetero) is 1. The second kappa shape index (κ2) is 10.3. The van der Waals surface area contributed by atoms with Crippen molar-refractivity contribution in [2.45, 2.75) is 19.9 Å². The number of carbonyl (C=O) groups is 2. The van der Waals surface area contributed by atoms with Crippen molar-refractivity contribution in [2.24, 2.45) is 0 Å². The molecule has 0 spiro atoms. The third kappa shape index (κ3) is 4.63. The van der Waals surface area contributed by atoms with Gasteiger partial charge in [0.05, 0.1) is 29.8 Å². The Hall–Kier alpha value is -4.66. The second-order valence-electron chi connectivity index (χ2n) is 7.91. The van der Waals surface area contributed by atoms with Gasteiger partial charge in [-0.3, -0.25) is 24.6 Å². The Bertz CT molecular complexity index is 1330. The van der Waals surface area contributed by atoms with E-state index >= 15 is 0 Å². The fourth-order valence-electron chi connectivity index (χ4n) is 4.12. The molecule has 184 valence electrons. The summed E-state index contributed by atoms with van der Waals surface area (Å²) in [4.78, 5) is 38.3. The van der Waals surface area contributed by atoms with E-state index in [1.165, 1.54) is 29.2 Å². The highest BCUT2D eigenvalue weighted by atomic mass is 16.6. The van der Waals surface area contributed by atoms with Crippen molar-refractivity contribution in [2.75, 3.05) is 18.1 Å². The first-order valence-electron chi connectivity index (χ1n) is 11.4. The highest BCUT2D eigenvalue weighted by Gasteiger charge is 2.47. The van der Waals surface area contributed by atoms with E-state index in [1.807, 2.05) is 13.8 Å². The molecule has 1 unspecified atom stereocenters. The summed E-state index contributed by atoms with van der Waals surface area (Å²) in [6.07, 6.45) is 0. The molecule has 9 nitrogen and oxygen atoms in total. The maximum atomic E-state index is 13.3. The second-order valence-corrected chi connectivity index (χ2v) is 7.91. The first-order chi connectivity index (χ1) is 17.3. The van der Waals surface area contributed by atoms with Crippen LogP contribution < -0.4 is 14.4 Å². The van der Waals surface area contributed by atoms with E-state index in [4.69, 9.17) is 9.47 Å². The van der Waals surface area contributed by atoms with Crippen molar-refractivity contribution in [3.63, 3.8) is 0 Å². The van der Waals surface area contributed by atoms with E-state index in [0.29, 0.717) is 36.0 Å². The lowest BCUT2D eigenvalue weighted by Crippen LogP contribution is -2.29. The number of rotatable bonds is 8. The number of aliphatic hydroxyl groups excluding tert-OH is 1. The minimum Gasteiger partial charge on any atom is -0.507 e. The van der Waals surface area contributed by atoms with Gasteiger partial charge >= 0.3 is 0 Å². The van der Waals surface area contributed by atoms with Gasteiger partial charge in [0.25, 0.3) is 17.4 Å². The van der Waals surface area contributed by atoms with Crippen LogP contribution in [0.2, 0.25) is 0 Å². The van der Waals surface area contributed by atoms with Gasteiger partial charge in [-0.2, -0.15) is 0 Å². The van der Waals surface area contributed by atoms with Crippen molar-refractivity contribution >= 4 is 28.8 Å². The van der Waals surface area contributed by atoms with Crippen LogP contribution in [0.5, 0.6) is 11.5 Å². The van der Waals surface area contributed by atoms with Gasteiger partial charge in [0.1, 0.15) is 17.3 Å². The van der Waals surface area contributed by atoms with E-state index in [-0.39, 0.29) is 16.8 Å². The number of anilines is 1. The Morgan fingerprint density at radius 3 is 2.19 bits per heavy atom. The molecule has 1 fully saturated rings. The fraction of sp³-hybridized carbons (Fsp3) is 0.185. The number of carbonyl (C=O) groups excluding carboxylic acids is 2. The van der Waals surface area contributed by atoms with Crippen LogP contribution in [0.4, 0.5) is 11.4 Å².